The first-order chi connectivity index (χ1) is 10.0. The highest BCUT2D eigenvalue weighted by Gasteiger charge is 2.26. The molecule has 0 radical (unpaired) electrons. The number of ether oxygens (including phenoxy) is 1. The van der Waals surface area contributed by atoms with E-state index in [-0.39, 0.29) is 6.54 Å². The van der Waals surface area contributed by atoms with Crippen molar-refractivity contribution in [2.75, 3.05) is 19.7 Å². The van der Waals surface area contributed by atoms with E-state index in [0.29, 0.717) is 31.5 Å². The standard InChI is InChI=1S/C14H23N3O3S/c1-3-20-14-13(7-4-8-15-14)10-16-21(18,19)17-9-5-6-12(2)11-17/h4,7-8,12,16H,3,5-6,9-11H2,1-2H3/t12-/m0/s1. The van der Waals surface area contributed by atoms with Crippen molar-refractivity contribution in [3.63, 3.8) is 0 Å². The Morgan fingerprint density at radius 3 is 3.05 bits per heavy atom. The van der Waals surface area contributed by atoms with Crippen molar-refractivity contribution >= 4 is 10.2 Å². The molecule has 118 valence electrons. The predicted octanol–water partition coefficient (Wildman–Crippen LogP) is 1.55. The summed E-state index contributed by atoms with van der Waals surface area (Å²) in [5, 5.41) is 0. The fourth-order valence-electron chi connectivity index (χ4n) is 2.45. The summed E-state index contributed by atoms with van der Waals surface area (Å²) in [6.07, 6.45) is 3.64. The molecule has 1 atom stereocenters. The Balaban J connectivity index is 2.01. The number of rotatable bonds is 6. The average Bonchev–Trinajstić information content (AvgIpc) is 2.47. The minimum atomic E-state index is -3.45. The third kappa shape index (κ3) is 4.39. The molecule has 0 amide bonds. The molecule has 0 bridgehead atoms. The van der Waals surface area contributed by atoms with Gasteiger partial charge < -0.3 is 4.74 Å². The molecule has 6 nitrogen and oxygen atoms in total. The normalized spacial score (nSPS) is 20.4. The molecule has 0 saturated carbocycles. The van der Waals surface area contributed by atoms with Crippen LogP contribution >= 0.6 is 0 Å². The minimum Gasteiger partial charge on any atom is -0.478 e. The van der Waals surface area contributed by atoms with Gasteiger partial charge in [0, 0.05) is 31.4 Å². The van der Waals surface area contributed by atoms with Crippen LogP contribution < -0.4 is 9.46 Å². The first-order valence-corrected chi connectivity index (χ1v) is 8.78. The summed E-state index contributed by atoms with van der Waals surface area (Å²) in [5.74, 6) is 0.891. The Labute approximate surface area is 126 Å². The lowest BCUT2D eigenvalue weighted by Gasteiger charge is -2.30. The van der Waals surface area contributed by atoms with Crippen LogP contribution in [0.1, 0.15) is 32.3 Å². The van der Waals surface area contributed by atoms with Gasteiger partial charge >= 0.3 is 0 Å². The molecule has 1 aromatic heterocycles. The Bertz CT molecular complexity index is 562. The lowest BCUT2D eigenvalue weighted by atomic mass is 10.0. The lowest BCUT2D eigenvalue weighted by molar-refractivity contribution is 0.278. The third-order valence-electron chi connectivity index (χ3n) is 3.54. The van der Waals surface area contributed by atoms with E-state index in [9.17, 15) is 8.42 Å². The van der Waals surface area contributed by atoms with Crippen molar-refractivity contribution in [2.45, 2.75) is 33.2 Å². The van der Waals surface area contributed by atoms with Crippen LogP contribution in [0, 0.1) is 5.92 Å². The lowest BCUT2D eigenvalue weighted by Crippen LogP contribution is -2.45. The maximum absolute atomic E-state index is 12.3. The van der Waals surface area contributed by atoms with Crippen molar-refractivity contribution in [1.82, 2.24) is 14.0 Å². The van der Waals surface area contributed by atoms with Gasteiger partial charge in [-0.3, -0.25) is 0 Å². The van der Waals surface area contributed by atoms with E-state index in [4.69, 9.17) is 4.74 Å². The van der Waals surface area contributed by atoms with Gasteiger partial charge in [0.25, 0.3) is 10.2 Å². The molecule has 0 aromatic carbocycles. The van der Waals surface area contributed by atoms with Crippen LogP contribution in [0.25, 0.3) is 0 Å². The second kappa shape index (κ2) is 7.20. The van der Waals surface area contributed by atoms with Crippen LogP contribution in [0.5, 0.6) is 5.88 Å². The zero-order valence-electron chi connectivity index (χ0n) is 12.6. The smallest absolute Gasteiger partial charge is 0.279 e. The highest BCUT2D eigenvalue weighted by atomic mass is 32.2. The largest absolute Gasteiger partial charge is 0.478 e. The van der Waals surface area contributed by atoms with Crippen LogP contribution in [-0.4, -0.2) is 37.4 Å². The summed E-state index contributed by atoms with van der Waals surface area (Å²) in [5.41, 5.74) is 0.744. The molecule has 1 saturated heterocycles. The van der Waals surface area contributed by atoms with Gasteiger partial charge in [0.1, 0.15) is 0 Å². The molecule has 0 spiro atoms. The van der Waals surface area contributed by atoms with Gasteiger partial charge in [0.05, 0.1) is 6.61 Å². The number of hydrogen-bond donors (Lipinski definition) is 1. The molecule has 21 heavy (non-hydrogen) atoms. The van der Waals surface area contributed by atoms with E-state index < -0.39 is 10.2 Å². The second-order valence-corrected chi connectivity index (χ2v) is 7.09. The Hall–Kier alpha value is -1.18. The zero-order chi connectivity index (χ0) is 15.3. The monoisotopic (exact) mass is 313 g/mol. The number of hydrogen-bond acceptors (Lipinski definition) is 4. The summed E-state index contributed by atoms with van der Waals surface area (Å²) in [6, 6.07) is 3.59. The van der Waals surface area contributed by atoms with Gasteiger partial charge in [0.2, 0.25) is 5.88 Å². The van der Waals surface area contributed by atoms with E-state index in [1.165, 1.54) is 4.31 Å². The molecule has 1 N–H and O–H groups in total. The van der Waals surface area contributed by atoms with Gasteiger partial charge in [-0.15, -0.1) is 0 Å². The molecule has 0 aliphatic carbocycles. The van der Waals surface area contributed by atoms with E-state index in [1.54, 1.807) is 12.3 Å². The van der Waals surface area contributed by atoms with Gasteiger partial charge in [0.15, 0.2) is 0 Å². The van der Waals surface area contributed by atoms with Crippen LogP contribution in [0.3, 0.4) is 0 Å². The first-order valence-electron chi connectivity index (χ1n) is 7.34. The molecule has 1 aliphatic heterocycles. The second-order valence-electron chi connectivity index (χ2n) is 5.33. The SMILES string of the molecule is CCOc1ncccc1CNS(=O)(=O)N1CCC[C@H](C)C1. The molecule has 0 unspecified atom stereocenters. The Morgan fingerprint density at radius 1 is 1.52 bits per heavy atom. The molecule has 1 aromatic rings. The molecular weight excluding hydrogens is 290 g/mol. The maximum atomic E-state index is 12.3. The Morgan fingerprint density at radius 2 is 2.33 bits per heavy atom. The highest BCUT2D eigenvalue weighted by molar-refractivity contribution is 7.87. The summed E-state index contributed by atoms with van der Waals surface area (Å²) >= 11 is 0. The topological polar surface area (TPSA) is 71.5 Å². The average molecular weight is 313 g/mol. The summed E-state index contributed by atoms with van der Waals surface area (Å²) in [4.78, 5) is 4.12. The number of aromatic nitrogens is 1. The molecule has 2 heterocycles. The first kappa shape index (κ1) is 16.2. The van der Waals surface area contributed by atoms with Crippen LogP contribution in [-0.2, 0) is 16.8 Å². The number of piperidine rings is 1. The van der Waals surface area contributed by atoms with Crippen molar-refractivity contribution < 1.29 is 13.2 Å². The van der Waals surface area contributed by atoms with E-state index >= 15 is 0 Å². The van der Waals surface area contributed by atoms with Crippen LogP contribution in [0.15, 0.2) is 18.3 Å². The quantitative estimate of drug-likeness (QED) is 0.865. The zero-order valence-corrected chi connectivity index (χ0v) is 13.4. The van der Waals surface area contributed by atoms with E-state index in [0.717, 1.165) is 18.4 Å². The molecule has 7 heteroatoms. The number of nitrogens with zero attached hydrogens (tertiary/aromatic N) is 2. The number of pyridine rings is 1. The highest BCUT2D eigenvalue weighted by Crippen LogP contribution is 2.19. The predicted molar refractivity (Wildman–Crippen MR) is 81.1 cm³/mol. The van der Waals surface area contributed by atoms with Gasteiger partial charge in [-0.25, -0.2) is 4.98 Å². The fraction of sp³-hybridized carbons (Fsp3) is 0.643. The molecule has 1 fully saturated rings. The van der Waals surface area contributed by atoms with Crippen molar-refractivity contribution in [3.8, 4) is 5.88 Å². The summed E-state index contributed by atoms with van der Waals surface area (Å²) in [7, 11) is -3.45. The number of nitrogens with one attached hydrogen (secondary N) is 1. The summed E-state index contributed by atoms with van der Waals surface area (Å²) in [6.45, 7) is 5.82. The molecule has 2 rings (SSSR count). The van der Waals surface area contributed by atoms with Gasteiger partial charge in [-0.05, 0) is 31.7 Å². The molecular formula is C14H23N3O3S. The molecule has 1 aliphatic rings. The van der Waals surface area contributed by atoms with Crippen molar-refractivity contribution in [1.29, 1.82) is 0 Å². The van der Waals surface area contributed by atoms with E-state index in [1.807, 2.05) is 13.0 Å². The van der Waals surface area contributed by atoms with Crippen LogP contribution in [0.4, 0.5) is 0 Å². The van der Waals surface area contributed by atoms with Crippen LogP contribution in [0.2, 0.25) is 0 Å². The minimum absolute atomic E-state index is 0.191. The van der Waals surface area contributed by atoms with Crippen molar-refractivity contribution in [3.05, 3.63) is 23.9 Å². The van der Waals surface area contributed by atoms with Crippen molar-refractivity contribution in [2.24, 2.45) is 5.92 Å². The van der Waals surface area contributed by atoms with E-state index in [2.05, 4.69) is 16.6 Å². The fourth-order valence-corrected chi connectivity index (χ4v) is 3.79. The Kier molecular flexibility index (Phi) is 5.55. The summed E-state index contributed by atoms with van der Waals surface area (Å²) < 4.78 is 34.2. The maximum Gasteiger partial charge on any atom is 0.279 e. The van der Waals surface area contributed by atoms with Gasteiger partial charge in [-0.2, -0.15) is 17.4 Å². The third-order valence-corrected chi connectivity index (χ3v) is 5.06. The van der Waals surface area contributed by atoms with Gasteiger partial charge in [-0.1, -0.05) is 13.0 Å².